The zero-order valence-electron chi connectivity index (χ0n) is 12.2. The quantitative estimate of drug-likeness (QED) is 0.410. The highest BCUT2D eigenvalue weighted by Gasteiger charge is 2.45. The van der Waals surface area contributed by atoms with Gasteiger partial charge < -0.3 is 39.7 Å². The number of hydrogen-bond donors (Lipinski definition) is 5. The smallest absolute Gasteiger partial charge is 0.344 e. The summed E-state index contributed by atoms with van der Waals surface area (Å²) in [5.74, 6) is -1.44. The molecule has 1 aliphatic rings. The van der Waals surface area contributed by atoms with E-state index in [-0.39, 0.29) is 11.3 Å². The highest BCUT2D eigenvalue weighted by atomic mass is 16.7. The Bertz CT molecular complexity index is 559. The molecule has 1 saturated heterocycles. The van der Waals surface area contributed by atoms with Crippen LogP contribution in [0.2, 0.25) is 0 Å². The van der Waals surface area contributed by atoms with Gasteiger partial charge in [0, 0.05) is 0 Å². The first kappa shape index (κ1) is 17.4. The number of methoxy groups -OCH3 is 1. The van der Waals surface area contributed by atoms with Crippen LogP contribution < -0.4 is 4.74 Å². The molecule has 0 aromatic heterocycles. The number of rotatable bonds is 4. The minimum atomic E-state index is -1.72. The number of ether oxygens (including phenoxy) is 3. The van der Waals surface area contributed by atoms with Crippen molar-refractivity contribution in [3.05, 3.63) is 23.8 Å². The van der Waals surface area contributed by atoms with Crippen LogP contribution in [0.4, 0.5) is 0 Å². The Hall–Kier alpha value is -1.91. The van der Waals surface area contributed by atoms with Crippen molar-refractivity contribution in [2.24, 2.45) is 0 Å². The third-order valence-corrected chi connectivity index (χ3v) is 3.51. The van der Waals surface area contributed by atoms with Crippen LogP contribution in [0.5, 0.6) is 11.5 Å². The van der Waals surface area contributed by atoms with E-state index in [1.165, 1.54) is 25.3 Å². The van der Waals surface area contributed by atoms with E-state index in [0.29, 0.717) is 0 Å². The summed E-state index contributed by atoms with van der Waals surface area (Å²) >= 11 is 0. The average molecular weight is 330 g/mol. The molecule has 5 N–H and O–H groups in total. The van der Waals surface area contributed by atoms with Crippen LogP contribution in [0.1, 0.15) is 10.4 Å². The number of para-hydroxylation sites is 1. The van der Waals surface area contributed by atoms with E-state index >= 15 is 0 Å². The van der Waals surface area contributed by atoms with Crippen LogP contribution in [0.15, 0.2) is 18.2 Å². The third-order valence-electron chi connectivity index (χ3n) is 3.51. The molecule has 0 bridgehead atoms. The van der Waals surface area contributed by atoms with Gasteiger partial charge in [-0.05, 0) is 12.1 Å². The molecule has 1 unspecified atom stereocenters. The van der Waals surface area contributed by atoms with E-state index < -0.39 is 49.0 Å². The molecular formula is C14H18O9. The zero-order chi connectivity index (χ0) is 17.1. The SMILES string of the molecule is COc1cccc(C(=O)OC2O[C@H](CO)[C@@H](O)[C@H](O)[C@H]2O)c1O. The van der Waals surface area contributed by atoms with Gasteiger partial charge in [-0.2, -0.15) is 0 Å². The summed E-state index contributed by atoms with van der Waals surface area (Å²) in [6.07, 6.45) is -7.77. The van der Waals surface area contributed by atoms with E-state index in [0.717, 1.165) is 0 Å². The minimum absolute atomic E-state index is 0.0493. The monoisotopic (exact) mass is 330 g/mol. The van der Waals surface area contributed by atoms with Crippen molar-refractivity contribution in [2.75, 3.05) is 13.7 Å². The summed E-state index contributed by atoms with van der Waals surface area (Å²) in [5.41, 5.74) is -0.235. The summed E-state index contributed by atoms with van der Waals surface area (Å²) < 4.78 is 14.8. The zero-order valence-corrected chi connectivity index (χ0v) is 12.2. The summed E-state index contributed by atoms with van der Waals surface area (Å²) in [4.78, 5) is 12.1. The number of aliphatic hydroxyl groups is 4. The minimum Gasteiger partial charge on any atom is -0.504 e. The first-order valence-corrected chi connectivity index (χ1v) is 6.78. The number of hydrogen-bond acceptors (Lipinski definition) is 9. The maximum atomic E-state index is 12.1. The van der Waals surface area contributed by atoms with Gasteiger partial charge in [0.25, 0.3) is 0 Å². The predicted molar refractivity (Wildman–Crippen MR) is 73.8 cm³/mol. The van der Waals surface area contributed by atoms with Crippen molar-refractivity contribution >= 4 is 5.97 Å². The second-order valence-corrected chi connectivity index (χ2v) is 4.96. The van der Waals surface area contributed by atoms with Crippen molar-refractivity contribution in [1.29, 1.82) is 0 Å². The van der Waals surface area contributed by atoms with Crippen molar-refractivity contribution in [1.82, 2.24) is 0 Å². The van der Waals surface area contributed by atoms with Crippen molar-refractivity contribution in [2.45, 2.75) is 30.7 Å². The number of benzene rings is 1. The van der Waals surface area contributed by atoms with Crippen LogP contribution in [0, 0.1) is 0 Å². The van der Waals surface area contributed by atoms with E-state index in [1.54, 1.807) is 0 Å². The molecule has 0 aliphatic carbocycles. The Balaban J connectivity index is 2.16. The van der Waals surface area contributed by atoms with E-state index in [9.17, 15) is 25.2 Å². The standard InChI is InChI=1S/C14H18O9/c1-21-7-4-2-3-6(9(7)16)13(20)23-14-12(19)11(18)10(17)8(5-15)22-14/h2-4,8,10-12,14-19H,5H2,1H3/t8-,10-,11+,12-,14?/m1/s1. The molecule has 9 nitrogen and oxygen atoms in total. The topological polar surface area (TPSA) is 146 Å². The molecule has 5 atom stereocenters. The molecule has 1 heterocycles. The van der Waals surface area contributed by atoms with Crippen molar-refractivity contribution in [3.63, 3.8) is 0 Å². The number of esters is 1. The summed E-state index contributed by atoms with van der Waals surface area (Å²) in [6.45, 7) is -0.649. The normalized spacial score (nSPS) is 30.7. The second kappa shape index (κ2) is 7.11. The molecule has 0 amide bonds. The fourth-order valence-electron chi connectivity index (χ4n) is 2.19. The molecule has 0 radical (unpaired) electrons. The molecule has 1 aromatic rings. The Morgan fingerprint density at radius 1 is 1.22 bits per heavy atom. The molecular weight excluding hydrogens is 312 g/mol. The maximum Gasteiger partial charge on any atom is 0.344 e. The van der Waals surface area contributed by atoms with Crippen LogP contribution in [0.25, 0.3) is 0 Å². The lowest BCUT2D eigenvalue weighted by atomic mass is 9.99. The maximum absolute atomic E-state index is 12.1. The van der Waals surface area contributed by atoms with Crippen molar-refractivity contribution < 1.29 is 44.5 Å². The molecule has 23 heavy (non-hydrogen) atoms. The van der Waals surface area contributed by atoms with Gasteiger partial charge in [-0.15, -0.1) is 0 Å². The van der Waals surface area contributed by atoms with Gasteiger partial charge >= 0.3 is 5.97 Å². The molecule has 1 fully saturated rings. The second-order valence-electron chi connectivity index (χ2n) is 4.96. The first-order chi connectivity index (χ1) is 10.9. The highest BCUT2D eigenvalue weighted by Crippen LogP contribution is 2.31. The number of aliphatic hydroxyl groups excluding tert-OH is 4. The van der Waals surface area contributed by atoms with Crippen LogP contribution in [-0.4, -0.2) is 75.9 Å². The van der Waals surface area contributed by atoms with Gasteiger partial charge in [-0.3, -0.25) is 0 Å². The average Bonchev–Trinajstić information content (AvgIpc) is 2.55. The van der Waals surface area contributed by atoms with Gasteiger partial charge in [0.15, 0.2) is 11.5 Å². The highest BCUT2D eigenvalue weighted by molar-refractivity contribution is 5.93. The van der Waals surface area contributed by atoms with Gasteiger partial charge in [-0.1, -0.05) is 6.07 Å². The molecule has 9 heteroatoms. The van der Waals surface area contributed by atoms with E-state index in [4.69, 9.17) is 19.3 Å². The number of phenols is 1. The van der Waals surface area contributed by atoms with E-state index in [1.807, 2.05) is 0 Å². The molecule has 1 aromatic carbocycles. The lowest BCUT2D eigenvalue weighted by Crippen LogP contribution is -2.59. The molecule has 1 aliphatic heterocycles. The lowest BCUT2D eigenvalue weighted by Gasteiger charge is -2.39. The molecule has 128 valence electrons. The number of carbonyl (C=O) groups excluding carboxylic acids is 1. The lowest BCUT2D eigenvalue weighted by molar-refractivity contribution is -0.285. The summed E-state index contributed by atoms with van der Waals surface area (Å²) in [6, 6.07) is 4.15. The fourth-order valence-corrected chi connectivity index (χ4v) is 2.19. The van der Waals surface area contributed by atoms with Gasteiger partial charge in [0.1, 0.15) is 30.0 Å². The van der Waals surface area contributed by atoms with Gasteiger partial charge in [0.05, 0.1) is 13.7 Å². The Labute approximate surface area is 131 Å². The van der Waals surface area contributed by atoms with Gasteiger partial charge in [-0.25, -0.2) is 4.79 Å². The molecule has 0 saturated carbocycles. The summed E-state index contributed by atoms with van der Waals surface area (Å²) in [5, 5.41) is 48.1. The van der Waals surface area contributed by atoms with Gasteiger partial charge in [0.2, 0.25) is 6.29 Å². The third kappa shape index (κ3) is 3.38. The van der Waals surface area contributed by atoms with E-state index in [2.05, 4.69) is 0 Å². The fraction of sp³-hybridized carbons (Fsp3) is 0.500. The predicted octanol–water partition coefficient (Wildman–Crippen LogP) is -1.64. The largest absolute Gasteiger partial charge is 0.504 e. The Kier molecular flexibility index (Phi) is 5.39. The van der Waals surface area contributed by atoms with Crippen LogP contribution >= 0.6 is 0 Å². The molecule has 2 rings (SSSR count). The first-order valence-electron chi connectivity index (χ1n) is 6.78. The Morgan fingerprint density at radius 2 is 1.91 bits per heavy atom. The van der Waals surface area contributed by atoms with Crippen LogP contribution in [0.3, 0.4) is 0 Å². The number of phenolic OH excluding ortho intramolecular Hbond substituents is 1. The summed E-state index contributed by atoms with van der Waals surface area (Å²) in [7, 11) is 1.31. The van der Waals surface area contributed by atoms with Crippen molar-refractivity contribution in [3.8, 4) is 11.5 Å². The number of carbonyl (C=O) groups is 1. The van der Waals surface area contributed by atoms with Crippen LogP contribution in [-0.2, 0) is 9.47 Å². The molecule has 0 spiro atoms. The number of aromatic hydroxyl groups is 1. The Morgan fingerprint density at radius 3 is 2.52 bits per heavy atom.